The van der Waals surface area contributed by atoms with Gasteiger partial charge in [0.15, 0.2) is 0 Å². The van der Waals surface area contributed by atoms with E-state index in [1.165, 1.54) is 9.79 Å². The minimum Gasteiger partial charge on any atom is -0.355 e. The highest BCUT2D eigenvalue weighted by atomic mass is 35.5. The first kappa shape index (κ1) is 17.3. The molecule has 0 radical (unpaired) electrons. The van der Waals surface area contributed by atoms with E-state index in [2.05, 4.69) is 17.4 Å². The Balaban J connectivity index is 1.55. The molecule has 22 heavy (non-hydrogen) atoms. The molecule has 0 aromatic heterocycles. The lowest BCUT2D eigenvalue weighted by molar-refractivity contribution is -0.120. The van der Waals surface area contributed by atoms with Gasteiger partial charge >= 0.3 is 0 Å². The summed E-state index contributed by atoms with van der Waals surface area (Å²) < 4.78 is 0. The highest BCUT2D eigenvalue weighted by Gasteiger charge is 2.02. The maximum atomic E-state index is 11.7. The van der Waals surface area contributed by atoms with Gasteiger partial charge < -0.3 is 5.32 Å². The summed E-state index contributed by atoms with van der Waals surface area (Å²) in [4.78, 5) is 14.1. The summed E-state index contributed by atoms with van der Waals surface area (Å²) in [7, 11) is 0. The average Bonchev–Trinajstić information content (AvgIpc) is 2.54. The number of amides is 1. The van der Waals surface area contributed by atoms with Crippen molar-refractivity contribution in [2.75, 3.05) is 18.1 Å². The standard InChI is InChI=1S/C17H18ClNOS2/c18-14-6-8-16(9-7-14)22-13-11-19-17(20)10-12-21-15-4-2-1-3-5-15/h1-9H,10-13H2,(H,19,20). The third-order valence-electron chi connectivity index (χ3n) is 2.85. The normalized spacial score (nSPS) is 10.4. The molecule has 1 N–H and O–H groups in total. The topological polar surface area (TPSA) is 29.1 Å². The Bertz CT molecular complexity index is 575. The maximum Gasteiger partial charge on any atom is 0.220 e. The van der Waals surface area contributed by atoms with E-state index >= 15 is 0 Å². The molecule has 0 aliphatic carbocycles. The first-order valence-corrected chi connectivity index (χ1v) is 9.42. The second kappa shape index (κ2) is 9.82. The third kappa shape index (κ3) is 6.77. The molecule has 0 bridgehead atoms. The molecule has 2 aromatic rings. The quantitative estimate of drug-likeness (QED) is 0.550. The van der Waals surface area contributed by atoms with Crippen molar-refractivity contribution in [1.29, 1.82) is 0 Å². The molecule has 2 nitrogen and oxygen atoms in total. The summed E-state index contributed by atoms with van der Waals surface area (Å²) in [6.45, 7) is 0.683. The van der Waals surface area contributed by atoms with Gasteiger partial charge in [0.1, 0.15) is 0 Å². The third-order valence-corrected chi connectivity index (χ3v) is 5.13. The van der Waals surface area contributed by atoms with Crippen LogP contribution < -0.4 is 5.32 Å². The van der Waals surface area contributed by atoms with Crippen LogP contribution in [0.5, 0.6) is 0 Å². The smallest absolute Gasteiger partial charge is 0.220 e. The van der Waals surface area contributed by atoms with Crippen LogP contribution in [0, 0.1) is 0 Å². The zero-order chi connectivity index (χ0) is 15.6. The molecule has 0 heterocycles. The maximum absolute atomic E-state index is 11.7. The number of hydrogen-bond donors (Lipinski definition) is 1. The van der Waals surface area contributed by atoms with Gasteiger partial charge in [-0.05, 0) is 36.4 Å². The van der Waals surface area contributed by atoms with Crippen LogP contribution >= 0.6 is 35.1 Å². The summed E-state index contributed by atoms with van der Waals surface area (Å²) in [6, 6.07) is 17.9. The lowest BCUT2D eigenvalue weighted by Gasteiger charge is -2.05. The van der Waals surface area contributed by atoms with Crippen LogP contribution in [0.4, 0.5) is 0 Å². The van der Waals surface area contributed by atoms with Crippen molar-refractivity contribution >= 4 is 41.0 Å². The number of halogens is 1. The van der Waals surface area contributed by atoms with Crippen LogP contribution in [0.2, 0.25) is 5.02 Å². The Labute approximate surface area is 145 Å². The number of hydrogen-bond acceptors (Lipinski definition) is 3. The Morgan fingerprint density at radius 3 is 2.27 bits per heavy atom. The monoisotopic (exact) mass is 351 g/mol. The van der Waals surface area contributed by atoms with Crippen LogP contribution in [-0.2, 0) is 4.79 Å². The van der Waals surface area contributed by atoms with E-state index < -0.39 is 0 Å². The Kier molecular flexibility index (Phi) is 7.71. The van der Waals surface area contributed by atoms with Gasteiger partial charge in [-0.1, -0.05) is 29.8 Å². The van der Waals surface area contributed by atoms with Gasteiger partial charge in [-0.3, -0.25) is 4.79 Å². The van der Waals surface area contributed by atoms with E-state index in [9.17, 15) is 4.79 Å². The van der Waals surface area contributed by atoms with E-state index in [0.717, 1.165) is 16.5 Å². The minimum absolute atomic E-state index is 0.111. The van der Waals surface area contributed by atoms with Crippen LogP contribution in [0.25, 0.3) is 0 Å². The summed E-state index contributed by atoms with van der Waals surface area (Å²) in [6.07, 6.45) is 0.547. The number of benzene rings is 2. The van der Waals surface area contributed by atoms with Gasteiger partial charge in [0.05, 0.1) is 0 Å². The second-order valence-electron chi connectivity index (χ2n) is 4.56. The Hall–Kier alpha value is -1.10. The van der Waals surface area contributed by atoms with Crippen LogP contribution in [0.3, 0.4) is 0 Å². The van der Waals surface area contributed by atoms with Gasteiger partial charge in [0.2, 0.25) is 5.91 Å². The highest BCUT2D eigenvalue weighted by Crippen LogP contribution is 2.20. The van der Waals surface area contributed by atoms with Crippen LogP contribution in [0.1, 0.15) is 6.42 Å². The zero-order valence-electron chi connectivity index (χ0n) is 12.1. The SMILES string of the molecule is O=C(CCSc1ccccc1)NCCSc1ccc(Cl)cc1. The van der Waals surface area contributed by atoms with Crippen LogP contribution in [0.15, 0.2) is 64.4 Å². The van der Waals surface area contributed by atoms with E-state index in [1.807, 2.05) is 42.5 Å². The van der Waals surface area contributed by atoms with Crippen molar-refractivity contribution < 1.29 is 4.79 Å². The number of carbonyl (C=O) groups is 1. The molecule has 0 spiro atoms. The molecule has 0 atom stereocenters. The number of nitrogens with one attached hydrogen (secondary N) is 1. The Morgan fingerprint density at radius 2 is 1.55 bits per heavy atom. The van der Waals surface area contributed by atoms with Crippen molar-refractivity contribution in [1.82, 2.24) is 5.32 Å². The molecule has 0 saturated carbocycles. The van der Waals surface area contributed by atoms with Crippen molar-refractivity contribution in [3.8, 4) is 0 Å². The molecule has 1 amide bonds. The lowest BCUT2D eigenvalue weighted by atomic mass is 10.4. The van der Waals surface area contributed by atoms with E-state index in [-0.39, 0.29) is 5.91 Å². The minimum atomic E-state index is 0.111. The summed E-state index contributed by atoms with van der Waals surface area (Å²) in [5, 5.41) is 3.70. The molecule has 2 aromatic carbocycles. The fourth-order valence-electron chi connectivity index (χ4n) is 1.76. The first-order valence-electron chi connectivity index (χ1n) is 7.07. The second-order valence-corrected chi connectivity index (χ2v) is 7.34. The van der Waals surface area contributed by atoms with E-state index in [1.54, 1.807) is 23.5 Å². The van der Waals surface area contributed by atoms with Gasteiger partial charge in [0.25, 0.3) is 0 Å². The Morgan fingerprint density at radius 1 is 0.909 bits per heavy atom. The predicted molar refractivity (Wildman–Crippen MR) is 97.0 cm³/mol. The largest absolute Gasteiger partial charge is 0.355 e. The van der Waals surface area contributed by atoms with Gasteiger partial charge in [-0.2, -0.15) is 0 Å². The molecule has 0 fully saturated rings. The zero-order valence-corrected chi connectivity index (χ0v) is 14.5. The number of thioether (sulfide) groups is 2. The van der Waals surface area contributed by atoms with Gasteiger partial charge in [0, 0.05) is 39.3 Å². The summed E-state index contributed by atoms with van der Waals surface area (Å²) in [5.74, 6) is 1.78. The first-order chi connectivity index (χ1) is 10.7. The molecule has 0 aliphatic rings. The lowest BCUT2D eigenvalue weighted by Crippen LogP contribution is -2.25. The van der Waals surface area contributed by atoms with Crippen molar-refractivity contribution in [3.63, 3.8) is 0 Å². The highest BCUT2D eigenvalue weighted by molar-refractivity contribution is 7.99. The van der Waals surface area contributed by atoms with Crippen molar-refractivity contribution in [2.45, 2.75) is 16.2 Å². The summed E-state index contributed by atoms with van der Waals surface area (Å²) in [5.41, 5.74) is 0. The molecule has 0 saturated heterocycles. The van der Waals surface area contributed by atoms with E-state index in [4.69, 9.17) is 11.6 Å². The number of rotatable bonds is 8. The van der Waals surface area contributed by atoms with Crippen LogP contribution in [-0.4, -0.2) is 24.0 Å². The molecule has 116 valence electrons. The molecular formula is C17H18ClNOS2. The average molecular weight is 352 g/mol. The molecule has 0 aliphatic heterocycles. The van der Waals surface area contributed by atoms with Crippen molar-refractivity contribution in [3.05, 3.63) is 59.6 Å². The summed E-state index contributed by atoms with van der Waals surface area (Å²) >= 11 is 9.26. The number of carbonyl (C=O) groups excluding carboxylic acids is 1. The molecule has 5 heteroatoms. The fourth-order valence-corrected chi connectivity index (χ4v) is 3.52. The molecule has 0 unspecified atom stereocenters. The van der Waals surface area contributed by atoms with E-state index in [0.29, 0.717) is 13.0 Å². The van der Waals surface area contributed by atoms with Crippen molar-refractivity contribution in [2.24, 2.45) is 0 Å². The van der Waals surface area contributed by atoms with Gasteiger partial charge in [-0.25, -0.2) is 0 Å². The fraction of sp³-hybridized carbons (Fsp3) is 0.235. The molecule has 2 rings (SSSR count). The van der Waals surface area contributed by atoms with Gasteiger partial charge in [-0.15, -0.1) is 23.5 Å². The predicted octanol–water partition coefficient (Wildman–Crippen LogP) is 4.73. The molecular weight excluding hydrogens is 334 g/mol.